The number of nitrogen functional groups attached to an aromatic ring is 1. The lowest BCUT2D eigenvalue weighted by atomic mass is 9.65. The van der Waals surface area contributed by atoms with Crippen LogP contribution in [0.4, 0.5) is 5.95 Å². The molecule has 8 nitrogen and oxygen atoms in total. The molecule has 4 heterocycles. The minimum absolute atomic E-state index is 0.257. The predicted octanol–water partition coefficient (Wildman–Crippen LogP) is 2.83. The van der Waals surface area contributed by atoms with Crippen LogP contribution < -0.4 is 5.73 Å². The molecule has 0 radical (unpaired) electrons. The Morgan fingerprint density at radius 3 is 2.43 bits per heavy atom. The van der Waals surface area contributed by atoms with Gasteiger partial charge in [0.2, 0.25) is 5.95 Å². The Morgan fingerprint density at radius 1 is 1.04 bits per heavy atom. The molecule has 8 heteroatoms. The summed E-state index contributed by atoms with van der Waals surface area (Å²) >= 11 is 0. The van der Waals surface area contributed by atoms with Crippen LogP contribution in [0.3, 0.4) is 0 Å². The number of rotatable bonds is 4. The summed E-state index contributed by atoms with van der Waals surface area (Å²) in [6, 6.07) is 4.05. The van der Waals surface area contributed by atoms with E-state index in [0.29, 0.717) is 18.3 Å². The van der Waals surface area contributed by atoms with Crippen molar-refractivity contribution in [2.75, 3.05) is 12.3 Å². The summed E-state index contributed by atoms with van der Waals surface area (Å²) in [5, 5.41) is 4.29. The van der Waals surface area contributed by atoms with Gasteiger partial charge in [0.05, 0.1) is 17.7 Å². The summed E-state index contributed by atoms with van der Waals surface area (Å²) in [6.45, 7) is 2.56. The lowest BCUT2D eigenvalue weighted by molar-refractivity contribution is 0.265. The predicted molar refractivity (Wildman–Crippen MR) is 105 cm³/mol. The SMILES string of the molecule is CC1=NCC(c2nc(C3(c4ccc(-c5cnc(N)nc5)cn4)CCC3)no2)=C1. The number of anilines is 1. The maximum absolute atomic E-state index is 5.56. The van der Waals surface area contributed by atoms with Gasteiger partial charge in [-0.3, -0.25) is 9.98 Å². The standard InChI is InChI=1S/C20H19N7O/c1-12-7-14(9-22-12)17-26-18(27-28-17)20(5-2-6-20)16-4-3-13(8-23-16)15-10-24-19(21)25-11-15/h3-4,7-8,10-11H,2,5-6,9H2,1H3,(H2,21,24,25). The van der Waals surface area contributed by atoms with Crippen molar-refractivity contribution in [3.63, 3.8) is 0 Å². The summed E-state index contributed by atoms with van der Waals surface area (Å²) < 4.78 is 5.55. The Kier molecular flexibility index (Phi) is 3.78. The summed E-state index contributed by atoms with van der Waals surface area (Å²) in [7, 11) is 0. The first-order chi connectivity index (χ1) is 13.6. The largest absolute Gasteiger partial charge is 0.368 e. The quantitative estimate of drug-likeness (QED) is 0.747. The number of pyridine rings is 1. The van der Waals surface area contributed by atoms with Gasteiger partial charge in [0, 0.05) is 41.0 Å². The van der Waals surface area contributed by atoms with Crippen molar-refractivity contribution in [1.29, 1.82) is 0 Å². The molecule has 5 rings (SSSR count). The summed E-state index contributed by atoms with van der Waals surface area (Å²) in [6.07, 6.45) is 10.3. The van der Waals surface area contributed by atoms with Crippen LogP contribution in [0.1, 0.15) is 43.6 Å². The Balaban J connectivity index is 1.45. The summed E-state index contributed by atoms with van der Waals surface area (Å²) in [4.78, 5) is 21.9. The highest BCUT2D eigenvalue weighted by Crippen LogP contribution is 2.47. The molecular formula is C20H19N7O. The molecule has 2 aliphatic rings. The van der Waals surface area contributed by atoms with Gasteiger partial charge in [-0.25, -0.2) is 9.97 Å². The van der Waals surface area contributed by atoms with Crippen LogP contribution in [0.5, 0.6) is 0 Å². The fourth-order valence-corrected chi connectivity index (χ4v) is 3.69. The second-order valence-electron chi connectivity index (χ2n) is 7.25. The van der Waals surface area contributed by atoms with E-state index < -0.39 is 0 Å². The zero-order valence-electron chi connectivity index (χ0n) is 15.5. The summed E-state index contributed by atoms with van der Waals surface area (Å²) in [5.74, 6) is 1.51. The van der Waals surface area contributed by atoms with Crippen molar-refractivity contribution >= 4 is 17.2 Å². The fourth-order valence-electron chi connectivity index (χ4n) is 3.69. The van der Waals surface area contributed by atoms with Crippen LogP contribution in [0.15, 0.2) is 46.3 Å². The molecule has 1 saturated carbocycles. The molecule has 0 bridgehead atoms. The van der Waals surface area contributed by atoms with Crippen LogP contribution in [-0.4, -0.2) is 37.3 Å². The van der Waals surface area contributed by atoms with Crippen LogP contribution in [-0.2, 0) is 5.41 Å². The Labute approximate surface area is 161 Å². The first-order valence-corrected chi connectivity index (χ1v) is 9.25. The molecule has 1 aliphatic carbocycles. The van der Waals surface area contributed by atoms with Crippen LogP contribution in [0.2, 0.25) is 0 Å². The van der Waals surface area contributed by atoms with E-state index >= 15 is 0 Å². The van der Waals surface area contributed by atoms with Gasteiger partial charge >= 0.3 is 0 Å². The van der Waals surface area contributed by atoms with Crippen molar-refractivity contribution in [2.24, 2.45) is 4.99 Å². The van der Waals surface area contributed by atoms with Gasteiger partial charge in [0.25, 0.3) is 5.89 Å². The highest BCUT2D eigenvalue weighted by molar-refractivity contribution is 6.02. The van der Waals surface area contributed by atoms with E-state index in [1.54, 1.807) is 12.4 Å². The van der Waals surface area contributed by atoms with Gasteiger partial charge in [-0.15, -0.1) is 0 Å². The van der Waals surface area contributed by atoms with E-state index in [9.17, 15) is 0 Å². The van der Waals surface area contributed by atoms with Gasteiger partial charge in [-0.1, -0.05) is 17.6 Å². The lowest BCUT2D eigenvalue weighted by Crippen LogP contribution is -2.37. The Morgan fingerprint density at radius 2 is 1.82 bits per heavy atom. The van der Waals surface area contributed by atoms with E-state index in [1.807, 2.05) is 31.3 Å². The Hall–Kier alpha value is -3.42. The monoisotopic (exact) mass is 373 g/mol. The topological polar surface area (TPSA) is 116 Å². The fraction of sp³-hybridized carbons (Fsp3) is 0.300. The van der Waals surface area contributed by atoms with Crippen LogP contribution in [0.25, 0.3) is 16.7 Å². The molecular weight excluding hydrogens is 354 g/mol. The van der Waals surface area contributed by atoms with Gasteiger partial charge in [0.15, 0.2) is 5.82 Å². The third-order valence-electron chi connectivity index (χ3n) is 5.48. The molecule has 1 aliphatic heterocycles. The molecule has 0 atom stereocenters. The molecule has 1 fully saturated rings. The Bertz CT molecular complexity index is 1080. The molecule has 0 unspecified atom stereocenters. The van der Waals surface area contributed by atoms with E-state index in [-0.39, 0.29) is 11.4 Å². The third-order valence-corrected chi connectivity index (χ3v) is 5.48. The minimum Gasteiger partial charge on any atom is -0.368 e. The van der Waals surface area contributed by atoms with E-state index in [2.05, 4.69) is 20.1 Å². The van der Waals surface area contributed by atoms with Gasteiger partial charge in [-0.05, 0) is 31.9 Å². The number of allylic oxidation sites excluding steroid dienone is 1. The van der Waals surface area contributed by atoms with Crippen molar-refractivity contribution in [1.82, 2.24) is 25.1 Å². The van der Waals surface area contributed by atoms with E-state index in [0.717, 1.165) is 47.4 Å². The minimum atomic E-state index is -0.285. The van der Waals surface area contributed by atoms with Crippen molar-refractivity contribution in [3.8, 4) is 11.1 Å². The number of nitrogens with two attached hydrogens (primary N) is 1. The maximum Gasteiger partial charge on any atom is 0.255 e. The highest BCUT2D eigenvalue weighted by atomic mass is 16.5. The van der Waals surface area contributed by atoms with Crippen LogP contribution in [0, 0.1) is 0 Å². The van der Waals surface area contributed by atoms with Crippen molar-refractivity contribution < 1.29 is 4.52 Å². The first-order valence-electron chi connectivity index (χ1n) is 9.25. The average Bonchev–Trinajstić information content (AvgIpc) is 3.32. The zero-order valence-corrected chi connectivity index (χ0v) is 15.5. The maximum atomic E-state index is 5.56. The smallest absolute Gasteiger partial charge is 0.255 e. The van der Waals surface area contributed by atoms with Crippen LogP contribution >= 0.6 is 0 Å². The van der Waals surface area contributed by atoms with Crippen molar-refractivity contribution in [3.05, 3.63) is 54.2 Å². The molecule has 3 aromatic heterocycles. The summed E-state index contributed by atoms with van der Waals surface area (Å²) in [5.41, 5.74) is 10.0. The zero-order chi connectivity index (χ0) is 19.1. The third kappa shape index (κ3) is 2.69. The second-order valence-corrected chi connectivity index (χ2v) is 7.25. The number of nitrogens with zero attached hydrogens (tertiary/aromatic N) is 6. The number of aromatic nitrogens is 5. The van der Waals surface area contributed by atoms with Crippen molar-refractivity contribution in [2.45, 2.75) is 31.6 Å². The molecule has 3 aromatic rings. The molecule has 0 spiro atoms. The molecule has 0 saturated heterocycles. The molecule has 140 valence electrons. The van der Waals surface area contributed by atoms with E-state index in [4.69, 9.17) is 20.2 Å². The van der Waals surface area contributed by atoms with Gasteiger partial charge in [0.1, 0.15) is 0 Å². The molecule has 0 amide bonds. The molecule has 0 aromatic carbocycles. The first kappa shape index (κ1) is 16.7. The molecule has 2 N–H and O–H groups in total. The normalized spacial score (nSPS) is 17.8. The average molecular weight is 373 g/mol. The molecule has 28 heavy (non-hydrogen) atoms. The number of hydrogen-bond acceptors (Lipinski definition) is 8. The van der Waals surface area contributed by atoms with Gasteiger partial charge < -0.3 is 10.3 Å². The van der Waals surface area contributed by atoms with E-state index in [1.165, 1.54) is 0 Å². The number of aliphatic imine (C=N–C) groups is 1. The second kappa shape index (κ2) is 6.33. The van der Waals surface area contributed by atoms with Gasteiger partial charge in [-0.2, -0.15) is 4.98 Å². The lowest BCUT2D eigenvalue weighted by Gasteiger charge is -2.38. The number of hydrogen-bond donors (Lipinski definition) is 1. The highest BCUT2D eigenvalue weighted by Gasteiger charge is 2.46.